The maximum Gasteiger partial charge on any atom is 0.387 e. The van der Waals surface area contributed by atoms with Crippen LogP contribution in [0.5, 0.6) is 5.75 Å². The molecule has 0 aliphatic heterocycles. The van der Waals surface area contributed by atoms with Crippen LogP contribution >= 0.6 is 11.6 Å². The maximum absolute atomic E-state index is 12.1. The van der Waals surface area contributed by atoms with Crippen LogP contribution in [0.1, 0.15) is 25.7 Å². The fraction of sp³-hybridized carbons (Fsp3) is 0.500. The molecule has 0 atom stereocenters. The van der Waals surface area contributed by atoms with Crippen molar-refractivity contribution < 1.29 is 18.3 Å². The molecule has 0 heterocycles. The predicted molar refractivity (Wildman–Crippen MR) is 76.7 cm³/mol. The summed E-state index contributed by atoms with van der Waals surface area (Å²) >= 11 is 5.83. The molecule has 7 heteroatoms. The Balaban J connectivity index is 1.96. The molecule has 1 aromatic carbocycles. The first-order chi connectivity index (χ1) is 9.94. The van der Waals surface area contributed by atoms with Crippen LogP contribution in [0.15, 0.2) is 18.2 Å². The third-order valence-electron chi connectivity index (χ3n) is 3.81. The van der Waals surface area contributed by atoms with Gasteiger partial charge in [0.1, 0.15) is 5.75 Å². The molecule has 0 spiro atoms. The largest absolute Gasteiger partial charge is 0.433 e. The van der Waals surface area contributed by atoms with Gasteiger partial charge in [0.2, 0.25) is 5.91 Å². The smallest absolute Gasteiger partial charge is 0.387 e. The second-order valence-electron chi connectivity index (χ2n) is 5.31. The predicted octanol–water partition coefficient (Wildman–Crippen LogP) is 3.40. The minimum Gasteiger partial charge on any atom is -0.433 e. The van der Waals surface area contributed by atoms with Gasteiger partial charge < -0.3 is 15.8 Å². The molecule has 1 aliphatic carbocycles. The van der Waals surface area contributed by atoms with E-state index in [-0.39, 0.29) is 22.1 Å². The van der Waals surface area contributed by atoms with Crippen LogP contribution in [-0.2, 0) is 4.79 Å². The summed E-state index contributed by atoms with van der Waals surface area (Å²) in [5.41, 5.74) is 6.06. The van der Waals surface area contributed by atoms with E-state index in [4.69, 9.17) is 17.3 Å². The number of halogens is 3. The summed E-state index contributed by atoms with van der Waals surface area (Å²) in [6.07, 6.45) is 3.37. The summed E-state index contributed by atoms with van der Waals surface area (Å²) in [6, 6.07) is 4.15. The van der Waals surface area contributed by atoms with Gasteiger partial charge >= 0.3 is 6.61 Å². The van der Waals surface area contributed by atoms with Gasteiger partial charge in [0.15, 0.2) is 0 Å². The standard InChI is InChI=1S/C14H17ClF2N2O2/c15-10-6-9(2-3-11(10)21-13(16)17)19-12(20)7-14(8-18)4-1-5-14/h2-3,6,13H,1,4-5,7-8,18H2,(H,19,20). The monoisotopic (exact) mass is 318 g/mol. The van der Waals surface area contributed by atoms with Crippen LogP contribution in [0.2, 0.25) is 5.02 Å². The summed E-state index contributed by atoms with van der Waals surface area (Å²) in [4.78, 5) is 12.0. The second-order valence-corrected chi connectivity index (χ2v) is 5.71. The number of carbonyl (C=O) groups is 1. The maximum atomic E-state index is 12.1. The Labute approximate surface area is 126 Å². The van der Waals surface area contributed by atoms with Gasteiger partial charge in [-0.1, -0.05) is 18.0 Å². The van der Waals surface area contributed by atoms with E-state index in [1.807, 2.05) is 0 Å². The minimum atomic E-state index is -2.94. The third kappa shape index (κ3) is 4.04. The number of benzene rings is 1. The number of nitrogens with two attached hydrogens (primary N) is 1. The molecule has 116 valence electrons. The van der Waals surface area contributed by atoms with Gasteiger partial charge in [-0.15, -0.1) is 0 Å². The van der Waals surface area contributed by atoms with Gasteiger partial charge in [-0.2, -0.15) is 8.78 Å². The molecule has 0 radical (unpaired) electrons. The molecular formula is C14H17ClF2N2O2. The van der Waals surface area contributed by atoms with E-state index in [1.54, 1.807) is 0 Å². The quantitative estimate of drug-likeness (QED) is 0.845. The summed E-state index contributed by atoms with van der Waals surface area (Å²) in [5.74, 6) is -0.277. The van der Waals surface area contributed by atoms with Crippen LogP contribution < -0.4 is 15.8 Å². The fourth-order valence-corrected chi connectivity index (χ4v) is 2.67. The van der Waals surface area contributed by atoms with Crippen molar-refractivity contribution in [1.29, 1.82) is 0 Å². The SMILES string of the molecule is NCC1(CC(=O)Nc2ccc(OC(F)F)c(Cl)c2)CCC1. The molecule has 3 N–H and O–H groups in total. The molecule has 0 unspecified atom stereocenters. The first-order valence-corrected chi connectivity index (χ1v) is 7.06. The van der Waals surface area contributed by atoms with Crippen molar-refractivity contribution >= 4 is 23.2 Å². The Bertz CT molecular complexity index is 516. The zero-order valence-electron chi connectivity index (χ0n) is 11.4. The van der Waals surface area contributed by atoms with Gasteiger partial charge in [-0.3, -0.25) is 4.79 Å². The highest BCUT2D eigenvalue weighted by Gasteiger charge is 2.37. The molecule has 0 aromatic heterocycles. The molecular weight excluding hydrogens is 302 g/mol. The van der Waals surface area contributed by atoms with Crippen LogP contribution in [0, 0.1) is 5.41 Å². The van der Waals surface area contributed by atoms with Crippen molar-refractivity contribution in [2.45, 2.75) is 32.3 Å². The Morgan fingerprint density at radius 1 is 1.48 bits per heavy atom. The Hall–Kier alpha value is -1.40. The number of ether oxygens (including phenoxy) is 1. The zero-order valence-corrected chi connectivity index (χ0v) is 12.1. The minimum absolute atomic E-state index is 0.0188. The Kier molecular flexibility index (Phi) is 5.00. The van der Waals surface area contributed by atoms with E-state index in [1.165, 1.54) is 18.2 Å². The van der Waals surface area contributed by atoms with Crippen LogP contribution in [-0.4, -0.2) is 19.1 Å². The lowest BCUT2D eigenvalue weighted by molar-refractivity contribution is -0.119. The van der Waals surface area contributed by atoms with Crippen molar-refractivity contribution in [3.8, 4) is 5.75 Å². The van der Waals surface area contributed by atoms with Crippen molar-refractivity contribution in [3.63, 3.8) is 0 Å². The normalized spacial score (nSPS) is 16.4. The molecule has 1 aliphatic rings. The molecule has 1 saturated carbocycles. The average Bonchev–Trinajstić information content (AvgIpc) is 2.37. The lowest BCUT2D eigenvalue weighted by atomic mass is 9.66. The van der Waals surface area contributed by atoms with Gasteiger partial charge in [-0.25, -0.2) is 0 Å². The van der Waals surface area contributed by atoms with Crippen LogP contribution in [0.4, 0.5) is 14.5 Å². The second kappa shape index (κ2) is 6.58. The first kappa shape index (κ1) is 16.0. The lowest BCUT2D eigenvalue weighted by Gasteiger charge is -2.40. The lowest BCUT2D eigenvalue weighted by Crippen LogP contribution is -2.40. The van der Waals surface area contributed by atoms with E-state index >= 15 is 0 Å². The number of hydrogen-bond acceptors (Lipinski definition) is 3. The van der Waals surface area contributed by atoms with Gasteiger partial charge in [0.25, 0.3) is 0 Å². The summed E-state index contributed by atoms with van der Waals surface area (Å²) in [6.45, 7) is -2.45. The molecule has 2 rings (SSSR count). The van der Waals surface area contributed by atoms with Crippen molar-refractivity contribution in [1.82, 2.24) is 0 Å². The third-order valence-corrected chi connectivity index (χ3v) is 4.11. The number of anilines is 1. The fourth-order valence-electron chi connectivity index (χ4n) is 2.45. The number of hydrogen-bond donors (Lipinski definition) is 2. The van der Waals surface area contributed by atoms with E-state index in [0.29, 0.717) is 18.7 Å². The highest BCUT2D eigenvalue weighted by Crippen LogP contribution is 2.43. The highest BCUT2D eigenvalue weighted by molar-refractivity contribution is 6.32. The number of alkyl halides is 2. The van der Waals surface area contributed by atoms with Gasteiger partial charge in [-0.05, 0) is 43.0 Å². The highest BCUT2D eigenvalue weighted by atomic mass is 35.5. The Morgan fingerprint density at radius 3 is 2.67 bits per heavy atom. The summed E-state index contributed by atoms with van der Waals surface area (Å²) in [7, 11) is 0. The number of carbonyl (C=O) groups excluding carboxylic acids is 1. The van der Waals surface area contributed by atoms with Crippen LogP contribution in [0.25, 0.3) is 0 Å². The average molecular weight is 319 g/mol. The molecule has 4 nitrogen and oxygen atoms in total. The van der Waals surface area contributed by atoms with Crippen molar-refractivity contribution in [2.75, 3.05) is 11.9 Å². The number of nitrogens with one attached hydrogen (secondary N) is 1. The van der Waals surface area contributed by atoms with Gasteiger partial charge in [0.05, 0.1) is 5.02 Å². The van der Waals surface area contributed by atoms with Crippen LogP contribution in [0.3, 0.4) is 0 Å². The molecule has 0 saturated heterocycles. The van der Waals surface area contributed by atoms with Crippen molar-refractivity contribution in [3.05, 3.63) is 23.2 Å². The summed E-state index contributed by atoms with van der Waals surface area (Å²) < 4.78 is 28.5. The Morgan fingerprint density at radius 2 is 2.19 bits per heavy atom. The molecule has 1 fully saturated rings. The van der Waals surface area contributed by atoms with E-state index in [9.17, 15) is 13.6 Å². The van der Waals surface area contributed by atoms with E-state index in [2.05, 4.69) is 10.1 Å². The number of rotatable bonds is 6. The molecule has 1 amide bonds. The van der Waals surface area contributed by atoms with E-state index < -0.39 is 6.61 Å². The van der Waals surface area contributed by atoms with Gasteiger partial charge in [0, 0.05) is 12.1 Å². The molecule has 1 aromatic rings. The first-order valence-electron chi connectivity index (χ1n) is 6.68. The molecule has 0 bridgehead atoms. The zero-order chi connectivity index (χ0) is 15.5. The van der Waals surface area contributed by atoms with E-state index in [0.717, 1.165) is 19.3 Å². The topological polar surface area (TPSA) is 64.4 Å². The number of amides is 1. The molecule has 21 heavy (non-hydrogen) atoms. The summed E-state index contributed by atoms with van der Waals surface area (Å²) in [5, 5.41) is 2.72. The van der Waals surface area contributed by atoms with Crippen molar-refractivity contribution in [2.24, 2.45) is 11.1 Å².